The number of aromatic nitrogens is 3. The maximum atomic E-state index is 14.9. The first kappa shape index (κ1) is 21.5. The van der Waals surface area contributed by atoms with Gasteiger partial charge in [0.25, 0.3) is 5.91 Å². The van der Waals surface area contributed by atoms with E-state index in [-0.39, 0.29) is 29.1 Å². The lowest BCUT2D eigenvalue weighted by Gasteiger charge is -2.24. The van der Waals surface area contributed by atoms with Crippen molar-refractivity contribution in [1.29, 1.82) is 0 Å². The summed E-state index contributed by atoms with van der Waals surface area (Å²) in [6.07, 6.45) is -1.60. The first-order valence-corrected chi connectivity index (χ1v) is 9.97. The van der Waals surface area contributed by atoms with Gasteiger partial charge in [0.05, 0.1) is 35.2 Å². The van der Waals surface area contributed by atoms with Crippen LogP contribution in [0.3, 0.4) is 0 Å². The number of imidazole rings is 1. The van der Waals surface area contributed by atoms with Crippen LogP contribution in [-0.2, 0) is 0 Å². The van der Waals surface area contributed by atoms with Gasteiger partial charge in [-0.2, -0.15) is 13.2 Å². The van der Waals surface area contributed by atoms with Gasteiger partial charge >= 0.3 is 6.18 Å². The number of alkyl halides is 3. The SMILES string of the molecule is CN(C(=O)c1cc2c(cc1F)nc(N)c1cncn12)[C@@H]1COc2cc(C#CC(F)(F)F)ccc21. The molecule has 0 saturated heterocycles. The highest BCUT2D eigenvalue weighted by Crippen LogP contribution is 2.37. The van der Waals surface area contributed by atoms with E-state index in [0.29, 0.717) is 22.3 Å². The minimum atomic E-state index is -4.61. The fourth-order valence-electron chi connectivity index (χ4n) is 3.93. The summed E-state index contributed by atoms with van der Waals surface area (Å²) >= 11 is 0. The summed E-state index contributed by atoms with van der Waals surface area (Å²) < 4.78 is 59.2. The third-order valence-electron chi connectivity index (χ3n) is 5.60. The van der Waals surface area contributed by atoms with Crippen LogP contribution in [0, 0.1) is 17.7 Å². The predicted octanol–water partition coefficient (Wildman–Crippen LogP) is 3.72. The number of likely N-dealkylation sites (N-methyl/N-ethyl adjacent to an activating group) is 1. The second-order valence-electron chi connectivity index (χ2n) is 7.71. The maximum Gasteiger partial charge on any atom is 0.458 e. The molecule has 34 heavy (non-hydrogen) atoms. The van der Waals surface area contributed by atoms with Crippen molar-refractivity contribution in [1.82, 2.24) is 19.3 Å². The molecule has 0 fully saturated rings. The zero-order chi connectivity index (χ0) is 24.2. The van der Waals surface area contributed by atoms with E-state index in [9.17, 15) is 22.4 Å². The quantitative estimate of drug-likeness (QED) is 0.357. The maximum absolute atomic E-state index is 14.9. The van der Waals surface area contributed by atoms with Crippen molar-refractivity contribution in [3.63, 3.8) is 0 Å². The normalized spacial score (nSPS) is 15.0. The lowest BCUT2D eigenvalue weighted by atomic mass is 10.0. The first-order chi connectivity index (χ1) is 16.1. The third kappa shape index (κ3) is 3.63. The van der Waals surface area contributed by atoms with Crippen LogP contribution in [-0.4, -0.2) is 45.0 Å². The molecule has 1 amide bonds. The molecule has 1 aliphatic heterocycles. The van der Waals surface area contributed by atoms with Gasteiger partial charge < -0.3 is 15.4 Å². The Kier molecular flexibility index (Phi) is 4.82. The second kappa shape index (κ2) is 7.62. The van der Waals surface area contributed by atoms with Gasteiger partial charge in [-0.3, -0.25) is 9.20 Å². The van der Waals surface area contributed by atoms with Crippen LogP contribution < -0.4 is 10.5 Å². The summed E-state index contributed by atoms with van der Waals surface area (Å²) in [6, 6.07) is 6.30. The minimum Gasteiger partial charge on any atom is -0.491 e. The summed E-state index contributed by atoms with van der Waals surface area (Å²) in [5.74, 6) is 2.37. The number of ether oxygens (including phenoxy) is 1. The number of hydrogen-bond acceptors (Lipinski definition) is 5. The Bertz CT molecular complexity index is 1530. The van der Waals surface area contributed by atoms with Gasteiger partial charge in [0.1, 0.15) is 29.5 Å². The Balaban J connectivity index is 1.48. The first-order valence-electron chi connectivity index (χ1n) is 9.97. The standard InChI is InChI=1S/C23H15F4N5O2/c1-31(19-10-34-20-6-12(2-3-13(19)20)4-5-23(25,26)27)22(33)14-7-17-16(8-15(14)24)30-21(28)18-9-29-11-32(17)18/h2-3,6-9,11,19H,10H2,1H3,(H2,28,30)/t19-/m1/s1. The summed E-state index contributed by atoms with van der Waals surface area (Å²) in [7, 11) is 1.50. The molecule has 3 heterocycles. The summed E-state index contributed by atoms with van der Waals surface area (Å²) in [5.41, 5.74) is 7.66. The van der Waals surface area contributed by atoms with Gasteiger partial charge in [-0.05, 0) is 18.2 Å². The van der Waals surface area contributed by atoms with E-state index in [1.807, 2.05) is 5.92 Å². The molecule has 0 bridgehead atoms. The van der Waals surface area contributed by atoms with Crippen molar-refractivity contribution >= 4 is 28.3 Å². The number of carbonyl (C=O) groups excluding carboxylic acids is 1. The molecule has 0 aliphatic carbocycles. The van der Waals surface area contributed by atoms with Gasteiger partial charge in [0.15, 0.2) is 0 Å². The van der Waals surface area contributed by atoms with Gasteiger partial charge in [-0.1, -0.05) is 12.0 Å². The lowest BCUT2D eigenvalue weighted by molar-refractivity contribution is -0.0696. The Hall–Kier alpha value is -4.33. The van der Waals surface area contributed by atoms with Crippen LogP contribution in [0.15, 0.2) is 42.9 Å². The number of halogens is 4. The van der Waals surface area contributed by atoms with Crippen molar-refractivity contribution in [3.05, 3.63) is 65.4 Å². The zero-order valence-electron chi connectivity index (χ0n) is 17.5. The average Bonchev–Trinajstić information content (AvgIpc) is 3.43. The van der Waals surface area contributed by atoms with Crippen LogP contribution in [0.25, 0.3) is 16.6 Å². The molecule has 0 spiro atoms. The summed E-state index contributed by atoms with van der Waals surface area (Å²) in [5, 5.41) is 0. The molecule has 172 valence electrons. The number of hydrogen-bond donors (Lipinski definition) is 1. The number of carbonyl (C=O) groups is 1. The van der Waals surface area contributed by atoms with Crippen LogP contribution in [0.5, 0.6) is 5.75 Å². The zero-order valence-corrected chi connectivity index (χ0v) is 17.5. The molecule has 0 unspecified atom stereocenters. The molecular formula is C23H15F4N5O2. The molecule has 1 atom stereocenters. The van der Waals surface area contributed by atoms with E-state index in [1.165, 1.54) is 48.6 Å². The van der Waals surface area contributed by atoms with E-state index < -0.39 is 23.9 Å². The van der Waals surface area contributed by atoms with Gasteiger partial charge in [-0.15, -0.1) is 0 Å². The number of nitrogen functional groups attached to an aromatic ring is 1. The third-order valence-corrected chi connectivity index (χ3v) is 5.60. The molecule has 1 aliphatic rings. The Morgan fingerprint density at radius 3 is 2.82 bits per heavy atom. The molecule has 7 nitrogen and oxygen atoms in total. The van der Waals surface area contributed by atoms with Crippen molar-refractivity contribution in [2.75, 3.05) is 19.4 Å². The molecule has 11 heteroatoms. The number of fused-ring (bicyclic) bond motifs is 4. The number of anilines is 1. The summed E-state index contributed by atoms with van der Waals surface area (Å²) in [6.45, 7) is 0.0623. The van der Waals surface area contributed by atoms with E-state index in [1.54, 1.807) is 10.5 Å². The lowest BCUT2D eigenvalue weighted by Crippen LogP contribution is -2.32. The fraction of sp³-hybridized carbons (Fsp3) is 0.174. The predicted molar refractivity (Wildman–Crippen MR) is 115 cm³/mol. The molecule has 2 aromatic heterocycles. The van der Waals surface area contributed by atoms with Gasteiger partial charge in [0.2, 0.25) is 0 Å². The van der Waals surface area contributed by atoms with Crippen molar-refractivity contribution in [2.24, 2.45) is 0 Å². The van der Waals surface area contributed by atoms with Gasteiger partial charge in [0, 0.05) is 30.2 Å². The van der Waals surface area contributed by atoms with Crippen LogP contribution in [0.2, 0.25) is 0 Å². The van der Waals surface area contributed by atoms with E-state index in [0.717, 1.165) is 6.07 Å². The summed E-state index contributed by atoms with van der Waals surface area (Å²) in [4.78, 5) is 22.8. The van der Waals surface area contributed by atoms with Crippen molar-refractivity contribution < 1.29 is 27.1 Å². The molecule has 4 aromatic rings. The van der Waals surface area contributed by atoms with E-state index in [2.05, 4.69) is 9.97 Å². The van der Waals surface area contributed by atoms with Crippen LogP contribution >= 0.6 is 0 Å². The highest BCUT2D eigenvalue weighted by molar-refractivity contribution is 5.98. The van der Waals surface area contributed by atoms with E-state index in [4.69, 9.17) is 10.5 Å². The fourth-order valence-corrected chi connectivity index (χ4v) is 3.93. The highest BCUT2D eigenvalue weighted by Gasteiger charge is 2.32. The smallest absolute Gasteiger partial charge is 0.458 e. The number of rotatable bonds is 2. The van der Waals surface area contributed by atoms with Crippen molar-refractivity contribution in [2.45, 2.75) is 12.2 Å². The Morgan fingerprint density at radius 2 is 2.06 bits per heavy atom. The Labute approximate surface area is 189 Å². The second-order valence-corrected chi connectivity index (χ2v) is 7.71. The number of benzene rings is 2. The molecular weight excluding hydrogens is 454 g/mol. The molecule has 0 saturated carbocycles. The Morgan fingerprint density at radius 1 is 1.26 bits per heavy atom. The minimum absolute atomic E-state index is 0.0623. The monoisotopic (exact) mass is 469 g/mol. The topological polar surface area (TPSA) is 85.8 Å². The van der Waals surface area contributed by atoms with Crippen LogP contribution in [0.4, 0.5) is 23.4 Å². The molecule has 2 N–H and O–H groups in total. The molecule has 5 rings (SSSR count). The average molecular weight is 469 g/mol. The molecule has 0 radical (unpaired) electrons. The van der Waals surface area contributed by atoms with Crippen molar-refractivity contribution in [3.8, 4) is 17.6 Å². The number of nitrogens with zero attached hydrogens (tertiary/aromatic N) is 4. The van der Waals surface area contributed by atoms with E-state index >= 15 is 0 Å². The largest absolute Gasteiger partial charge is 0.491 e. The highest BCUT2D eigenvalue weighted by atomic mass is 19.4. The van der Waals surface area contributed by atoms with Crippen LogP contribution in [0.1, 0.15) is 27.5 Å². The van der Waals surface area contributed by atoms with Gasteiger partial charge in [-0.25, -0.2) is 14.4 Å². The number of nitrogens with two attached hydrogens (primary N) is 1. The molecule has 2 aromatic carbocycles. The number of amides is 1.